The third-order valence-corrected chi connectivity index (χ3v) is 2.58. The molecule has 5 heteroatoms. The van der Waals surface area contributed by atoms with E-state index in [1.807, 2.05) is 30.3 Å². The van der Waals surface area contributed by atoms with Gasteiger partial charge in [-0.15, -0.1) is 0 Å². The van der Waals surface area contributed by atoms with Gasteiger partial charge in [-0.25, -0.2) is 4.39 Å². The van der Waals surface area contributed by atoms with Crippen LogP contribution in [0, 0.1) is 5.82 Å². The fourth-order valence-corrected chi connectivity index (χ4v) is 1.61. The molecule has 102 valence electrons. The highest BCUT2D eigenvalue weighted by Crippen LogP contribution is 2.08. The Bertz CT molecular complexity index is 614. The molecule has 0 atom stereocenters. The van der Waals surface area contributed by atoms with Crippen molar-refractivity contribution in [3.8, 4) is 0 Å². The normalized spacial score (nSPS) is 9.85. The van der Waals surface area contributed by atoms with Crippen LogP contribution in [0.2, 0.25) is 0 Å². The fraction of sp³-hybridized carbons (Fsp3) is 0.0667. The largest absolute Gasteiger partial charge is 0.344 e. The highest BCUT2D eigenvalue weighted by atomic mass is 19.1. The lowest BCUT2D eigenvalue weighted by Crippen LogP contribution is -2.34. The lowest BCUT2D eigenvalue weighted by molar-refractivity contribution is -0.136. The molecule has 2 amide bonds. The number of carbonyl (C=O) groups is 2. The standard InChI is InChI=1S/C15H13FN2O2/c16-12-7-4-8-13(9-12)18-15(20)14(19)17-10-11-5-2-1-3-6-11/h1-9H,10H2,(H,17,19)(H,18,20). The van der Waals surface area contributed by atoms with Crippen molar-refractivity contribution < 1.29 is 14.0 Å². The van der Waals surface area contributed by atoms with E-state index in [1.54, 1.807) is 0 Å². The number of benzene rings is 2. The lowest BCUT2D eigenvalue weighted by atomic mass is 10.2. The molecular formula is C15H13FN2O2. The monoisotopic (exact) mass is 272 g/mol. The number of carbonyl (C=O) groups excluding carboxylic acids is 2. The Labute approximate surface area is 115 Å². The van der Waals surface area contributed by atoms with Crippen LogP contribution in [0.15, 0.2) is 54.6 Å². The summed E-state index contributed by atoms with van der Waals surface area (Å²) in [5.41, 5.74) is 1.13. The van der Waals surface area contributed by atoms with Gasteiger partial charge in [-0.05, 0) is 23.8 Å². The Hall–Kier alpha value is -2.69. The summed E-state index contributed by atoms with van der Waals surface area (Å²) >= 11 is 0. The number of amides is 2. The summed E-state index contributed by atoms with van der Waals surface area (Å²) in [4.78, 5) is 23.2. The van der Waals surface area contributed by atoms with Crippen LogP contribution >= 0.6 is 0 Å². The number of rotatable bonds is 3. The first-order valence-electron chi connectivity index (χ1n) is 6.04. The molecule has 0 bridgehead atoms. The quantitative estimate of drug-likeness (QED) is 0.840. The Morgan fingerprint density at radius 3 is 2.40 bits per heavy atom. The van der Waals surface area contributed by atoms with Crippen LogP contribution in [0.25, 0.3) is 0 Å². The van der Waals surface area contributed by atoms with Crippen LogP contribution in [0.3, 0.4) is 0 Å². The van der Waals surface area contributed by atoms with Crippen LogP contribution < -0.4 is 10.6 Å². The fourth-order valence-electron chi connectivity index (χ4n) is 1.61. The van der Waals surface area contributed by atoms with E-state index in [1.165, 1.54) is 18.2 Å². The molecule has 2 aromatic carbocycles. The van der Waals surface area contributed by atoms with Crippen molar-refractivity contribution >= 4 is 17.5 Å². The van der Waals surface area contributed by atoms with E-state index in [-0.39, 0.29) is 12.2 Å². The Morgan fingerprint density at radius 2 is 1.70 bits per heavy atom. The van der Waals surface area contributed by atoms with Gasteiger partial charge >= 0.3 is 11.8 Å². The minimum atomic E-state index is -0.827. The molecule has 0 aliphatic heterocycles. The second-order valence-electron chi connectivity index (χ2n) is 4.13. The van der Waals surface area contributed by atoms with Crippen molar-refractivity contribution in [1.82, 2.24) is 5.32 Å². The first-order valence-corrected chi connectivity index (χ1v) is 6.04. The van der Waals surface area contributed by atoms with E-state index in [2.05, 4.69) is 10.6 Å². The van der Waals surface area contributed by atoms with E-state index in [0.717, 1.165) is 11.6 Å². The molecule has 2 aromatic rings. The van der Waals surface area contributed by atoms with Gasteiger partial charge in [0.25, 0.3) is 0 Å². The molecule has 2 rings (SSSR count). The smallest absolute Gasteiger partial charge is 0.313 e. The molecule has 0 aliphatic rings. The highest BCUT2D eigenvalue weighted by molar-refractivity contribution is 6.39. The third kappa shape index (κ3) is 3.91. The van der Waals surface area contributed by atoms with Crippen LogP contribution in [-0.2, 0) is 16.1 Å². The maximum absolute atomic E-state index is 12.9. The van der Waals surface area contributed by atoms with E-state index in [0.29, 0.717) is 0 Å². The Balaban J connectivity index is 1.88. The van der Waals surface area contributed by atoms with Crippen molar-refractivity contribution in [2.45, 2.75) is 6.54 Å². The van der Waals surface area contributed by atoms with Crippen molar-refractivity contribution in [3.05, 3.63) is 66.0 Å². The second kappa shape index (κ2) is 6.47. The minimum absolute atomic E-state index is 0.241. The molecule has 0 fully saturated rings. The molecule has 0 unspecified atom stereocenters. The van der Waals surface area contributed by atoms with Gasteiger partial charge in [-0.1, -0.05) is 36.4 Å². The van der Waals surface area contributed by atoms with Gasteiger partial charge in [0.2, 0.25) is 0 Å². The second-order valence-corrected chi connectivity index (χ2v) is 4.13. The molecule has 4 nitrogen and oxygen atoms in total. The first kappa shape index (κ1) is 13.7. The van der Waals surface area contributed by atoms with E-state index in [9.17, 15) is 14.0 Å². The molecule has 20 heavy (non-hydrogen) atoms. The summed E-state index contributed by atoms with van der Waals surface area (Å²) in [6, 6.07) is 14.6. The van der Waals surface area contributed by atoms with Gasteiger partial charge in [0.15, 0.2) is 0 Å². The number of halogens is 1. The Morgan fingerprint density at radius 1 is 0.950 bits per heavy atom. The molecule has 0 saturated heterocycles. The van der Waals surface area contributed by atoms with Gasteiger partial charge in [-0.2, -0.15) is 0 Å². The van der Waals surface area contributed by atoms with Crippen LogP contribution in [0.5, 0.6) is 0 Å². The summed E-state index contributed by atoms with van der Waals surface area (Å²) in [5, 5.41) is 4.82. The molecule has 0 spiro atoms. The Kier molecular flexibility index (Phi) is 4.44. The van der Waals surface area contributed by atoms with E-state index < -0.39 is 17.6 Å². The molecule has 0 radical (unpaired) electrons. The van der Waals surface area contributed by atoms with Gasteiger partial charge < -0.3 is 10.6 Å². The molecular weight excluding hydrogens is 259 g/mol. The van der Waals surface area contributed by atoms with Gasteiger partial charge in [0.05, 0.1) is 0 Å². The predicted octanol–water partition coefficient (Wildman–Crippen LogP) is 2.08. The topological polar surface area (TPSA) is 58.2 Å². The summed E-state index contributed by atoms with van der Waals surface area (Å²) < 4.78 is 12.9. The summed E-state index contributed by atoms with van der Waals surface area (Å²) in [7, 11) is 0. The number of hydrogen-bond donors (Lipinski definition) is 2. The number of anilines is 1. The predicted molar refractivity (Wildman–Crippen MR) is 73.3 cm³/mol. The minimum Gasteiger partial charge on any atom is -0.344 e. The highest BCUT2D eigenvalue weighted by Gasteiger charge is 2.13. The van der Waals surface area contributed by atoms with Crippen molar-refractivity contribution in [2.75, 3.05) is 5.32 Å². The summed E-state index contributed by atoms with van der Waals surface area (Å²) in [5.74, 6) is -2.07. The zero-order chi connectivity index (χ0) is 14.4. The molecule has 0 saturated carbocycles. The molecule has 0 aliphatic carbocycles. The summed E-state index contributed by atoms with van der Waals surface area (Å²) in [6.45, 7) is 0.260. The maximum atomic E-state index is 12.9. The molecule has 2 N–H and O–H groups in total. The molecule has 0 aromatic heterocycles. The average Bonchev–Trinajstić information content (AvgIpc) is 2.46. The van der Waals surface area contributed by atoms with Crippen molar-refractivity contribution in [1.29, 1.82) is 0 Å². The third-order valence-electron chi connectivity index (χ3n) is 2.58. The zero-order valence-corrected chi connectivity index (χ0v) is 10.6. The number of hydrogen-bond acceptors (Lipinski definition) is 2. The van der Waals surface area contributed by atoms with Gasteiger partial charge in [-0.3, -0.25) is 9.59 Å². The van der Waals surface area contributed by atoms with Gasteiger partial charge in [0, 0.05) is 12.2 Å². The van der Waals surface area contributed by atoms with Gasteiger partial charge in [0.1, 0.15) is 5.82 Å². The van der Waals surface area contributed by atoms with E-state index >= 15 is 0 Å². The average molecular weight is 272 g/mol. The van der Waals surface area contributed by atoms with Crippen LogP contribution in [0.1, 0.15) is 5.56 Å². The van der Waals surface area contributed by atoms with Crippen LogP contribution in [-0.4, -0.2) is 11.8 Å². The lowest BCUT2D eigenvalue weighted by Gasteiger charge is -2.06. The molecule has 0 heterocycles. The summed E-state index contributed by atoms with van der Waals surface area (Å²) in [6.07, 6.45) is 0. The first-order chi connectivity index (χ1) is 9.65. The maximum Gasteiger partial charge on any atom is 0.313 e. The number of nitrogens with one attached hydrogen (secondary N) is 2. The van der Waals surface area contributed by atoms with Crippen LogP contribution in [0.4, 0.5) is 10.1 Å². The van der Waals surface area contributed by atoms with Crippen molar-refractivity contribution in [2.24, 2.45) is 0 Å². The van der Waals surface area contributed by atoms with E-state index in [4.69, 9.17) is 0 Å². The van der Waals surface area contributed by atoms with Crippen molar-refractivity contribution in [3.63, 3.8) is 0 Å². The zero-order valence-electron chi connectivity index (χ0n) is 10.6. The SMILES string of the molecule is O=C(NCc1ccccc1)C(=O)Nc1cccc(F)c1.